The normalized spacial score (nSPS) is 11.6. The average molecular weight is 325 g/mol. The lowest BCUT2D eigenvalue weighted by atomic mass is 10.0. The first-order valence-electron chi connectivity index (χ1n) is 7.97. The number of carbonyl (C=O) groups excluding carboxylic acids is 2. The number of amides is 1. The lowest BCUT2D eigenvalue weighted by Crippen LogP contribution is -2.43. The largest absolute Gasteiger partial charge is 0.467 e. The van der Waals surface area contributed by atoms with Crippen LogP contribution in [0, 0.1) is 13.8 Å². The van der Waals surface area contributed by atoms with Crippen molar-refractivity contribution in [2.75, 3.05) is 7.11 Å². The molecule has 4 heteroatoms. The highest BCUT2D eigenvalue weighted by molar-refractivity contribution is 5.85. The van der Waals surface area contributed by atoms with Gasteiger partial charge in [-0.25, -0.2) is 4.79 Å². The minimum Gasteiger partial charge on any atom is -0.467 e. The molecular formula is C20H23NO3. The maximum atomic E-state index is 12.2. The number of carbonyl (C=O) groups is 2. The van der Waals surface area contributed by atoms with Crippen molar-refractivity contribution in [2.45, 2.75) is 32.7 Å². The van der Waals surface area contributed by atoms with Gasteiger partial charge in [0.05, 0.1) is 13.5 Å². The van der Waals surface area contributed by atoms with Gasteiger partial charge in [0.1, 0.15) is 6.04 Å². The summed E-state index contributed by atoms with van der Waals surface area (Å²) in [4.78, 5) is 24.3. The predicted molar refractivity (Wildman–Crippen MR) is 93.7 cm³/mol. The SMILES string of the molecule is COC(=O)[C@@H](Cc1ccc(C)c(C)c1)NC(=O)Cc1ccccc1. The zero-order chi connectivity index (χ0) is 17.5. The van der Waals surface area contributed by atoms with Crippen LogP contribution in [0.4, 0.5) is 0 Å². The maximum Gasteiger partial charge on any atom is 0.328 e. The Hall–Kier alpha value is -2.62. The molecule has 1 N–H and O–H groups in total. The summed E-state index contributed by atoms with van der Waals surface area (Å²) in [5.41, 5.74) is 4.26. The molecular weight excluding hydrogens is 302 g/mol. The fraction of sp³-hybridized carbons (Fsp3) is 0.300. The standard InChI is InChI=1S/C20H23NO3/c1-14-9-10-17(11-15(14)2)12-18(20(23)24-3)21-19(22)13-16-7-5-4-6-8-16/h4-11,18H,12-13H2,1-3H3,(H,21,22)/t18-/m1/s1. The van der Waals surface area contributed by atoms with Gasteiger partial charge in [0.15, 0.2) is 0 Å². The molecule has 2 rings (SSSR count). The molecule has 0 spiro atoms. The number of rotatable bonds is 6. The molecule has 2 aromatic rings. The van der Waals surface area contributed by atoms with E-state index in [-0.39, 0.29) is 12.3 Å². The number of hydrogen-bond donors (Lipinski definition) is 1. The number of nitrogens with one attached hydrogen (secondary N) is 1. The summed E-state index contributed by atoms with van der Waals surface area (Å²) in [6, 6.07) is 14.8. The second-order valence-corrected chi connectivity index (χ2v) is 5.93. The molecule has 0 saturated carbocycles. The van der Waals surface area contributed by atoms with E-state index in [4.69, 9.17) is 4.74 Å². The first-order valence-corrected chi connectivity index (χ1v) is 7.97. The molecule has 0 radical (unpaired) electrons. The third-order valence-corrected chi connectivity index (χ3v) is 4.04. The molecule has 126 valence electrons. The quantitative estimate of drug-likeness (QED) is 0.831. The smallest absolute Gasteiger partial charge is 0.328 e. The lowest BCUT2D eigenvalue weighted by Gasteiger charge is -2.17. The van der Waals surface area contributed by atoms with Crippen molar-refractivity contribution in [3.8, 4) is 0 Å². The van der Waals surface area contributed by atoms with E-state index in [0.29, 0.717) is 6.42 Å². The lowest BCUT2D eigenvalue weighted by molar-refractivity contribution is -0.145. The van der Waals surface area contributed by atoms with E-state index in [0.717, 1.165) is 16.7 Å². The highest BCUT2D eigenvalue weighted by atomic mass is 16.5. The third-order valence-electron chi connectivity index (χ3n) is 4.04. The molecule has 0 aliphatic heterocycles. The Morgan fingerprint density at radius 3 is 2.33 bits per heavy atom. The summed E-state index contributed by atoms with van der Waals surface area (Å²) >= 11 is 0. The Balaban J connectivity index is 2.06. The second-order valence-electron chi connectivity index (χ2n) is 5.93. The zero-order valence-electron chi connectivity index (χ0n) is 14.3. The average Bonchev–Trinajstić information content (AvgIpc) is 2.57. The number of aryl methyl sites for hydroxylation is 2. The van der Waals surface area contributed by atoms with Gasteiger partial charge in [-0.2, -0.15) is 0 Å². The number of benzene rings is 2. The maximum absolute atomic E-state index is 12.2. The molecule has 2 aromatic carbocycles. The van der Waals surface area contributed by atoms with Gasteiger partial charge < -0.3 is 10.1 Å². The predicted octanol–water partition coefficient (Wildman–Crippen LogP) is 2.75. The molecule has 0 unspecified atom stereocenters. The van der Waals surface area contributed by atoms with E-state index < -0.39 is 12.0 Å². The van der Waals surface area contributed by atoms with Gasteiger partial charge in [-0.3, -0.25) is 4.79 Å². The molecule has 0 fully saturated rings. The van der Waals surface area contributed by atoms with E-state index >= 15 is 0 Å². The number of ether oxygens (including phenoxy) is 1. The van der Waals surface area contributed by atoms with Crippen LogP contribution in [-0.2, 0) is 27.2 Å². The van der Waals surface area contributed by atoms with Crippen LogP contribution in [0.5, 0.6) is 0 Å². The van der Waals surface area contributed by atoms with Gasteiger partial charge in [0, 0.05) is 6.42 Å². The molecule has 0 heterocycles. The van der Waals surface area contributed by atoms with Gasteiger partial charge >= 0.3 is 5.97 Å². The fourth-order valence-electron chi connectivity index (χ4n) is 2.53. The van der Waals surface area contributed by atoms with Crippen LogP contribution >= 0.6 is 0 Å². The van der Waals surface area contributed by atoms with Crippen LogP contribution in [0.15, 0.2) is 48.5 Å². The van der Waals surface area contributed by atoms with Gasteiger partial charge in [-0.05, 0) is 36.1 Å². The minimum atomic E-state index is -0.687. The van der Waals surface area contributed by atoms with E-state index in [1.54, 1.807) is 0 Å². The Labute approximate surface area is 142 Å². The Bertz CT molecular complexity index is 710. The van der Waals surface area contributed by atoms with Crippen LogP contribution in [0.25, 0.3) is 0 Å². The van der Waals surface area contributed by atoms with Gasteiger partial charge in [-0.1, -0.05) is 48.5 Å². The van der Waals surface area contributed by atoms with Crippen molar-refractivity contribution in [1.29, 1.82) is 0 Å². The molecule has 0 aromatic heterocycles. The van der Waals surface area contributed by atoms with E-state index in [1.165, 1.54) is 12.7 Å². The topological polar surface area (TPSA) is 55.4 Å². The fourth-order valence-corrected chi connectivity index (χ4v) is 2.53. The van der Waals surface area contributed by atoms with Crippen molar-refractivity contribution in [2.24, 2.45) is 0 Å². The monoisotopic (exact) mass is 325 g/mol. The van der Waals surface area contributed by atoms with E-state index in [2.05, 4.69) is 5.32 Å². The number of methoxy groups -OCH3 is 1. The first-order chi connectivity index (χ1) is 11.5. The zero-order valence-corrected chi connectivity index (χ0v) is 14.3. The van der Waals surface area contributed by atoms with Crippen molar-refractivity contribution in [1.82, 2.24) is 5.32 Å². The number of esters is 1. The Kier molecular flexibility index (Phi) is 6.13. The molecule has 4 nitrogen and oxygen atoms in total. The molecule has 1 amide bonds. The molecule has 0 saturated heterocycles. The van der Waals surface area contributed by atoms with Gasteiger partial charge in [0.25, 0.3) is 0 Å². The first kappa shape index (κ1) is 17.7. The summed E-state index contributed by atoms with van der Waals surface area (Å²) in [7, 11) is 1.33. The van der Waals surface area contributed by atoms with Crippen molar-refractivity contribution < 1.29 is 14.3 Å². The molecule has 1 atom stereocenters. The minimum absolute atomic E-state index is 0.194. The van der Waals surface area contributed by atoms with Gasteiger partial charge in [-0.15, -0.1) is 0 Å². The summed E-state index contributed by atoms with van der Waals surface area (Å²) < 4.78 is 4.84. The van der Waals surface area contributed by atoms with Crippen LogP contribution in [0.3, 0.4) is 0 Å². The third kappa shape index (κ3) is 4.95. The Morgan fingerprint density at radius 2 is 1.71 bits per heavy atom. The summed E-state index contributed by atoms with van der Waals surface area (Å²) in [6.45, 7) is 4.07. The Morgan fingerprint density at radius 1 is 1.00 bits per heavy atom. The van der Waals surface area contributed by atoms with Crippen molar-refractivity contribution in [3.05, 3.63) is 70.8 Å². The highest BCUT2D eigenvalue weighted by Gasteiger charge is 2.22. The molecule has 24 heavy (non-hydrogen) atoms. The summed E-state index contributed by atoms with van der Waals surface area (Å²) in [5, 5.41) is 2.79. The van der Waals surface area contributed by atoms with Crippen LogP contribution in [-0.4, -0.2) is 25.0 Å². The summed E-state index contributed by atoms with van der Waals surface area (Å²) in [5.74, 6) is -0.630. The highest BCUT2D eigenvalue weighted by Crippen LogP contribution is 2.12. The molecule has 0 bridgehead atoms. The van der Waals surface area contributed by atoms with E-state index in [9.17, 15) is 9.59 Å². The molecule has 0 aliphatic carbocycles. The number of hydrogen-bond acceptors (Lipinski definition) is 3. The van der Waals surface area contributed by atoms with Gasteiger partial charge in [0.2, 0.25) is 5.91 Å². The van der Waals surface area contributed by atoms with Crippen LogP contribution in [0.2, 0.25) is 0 Å². The van der Waals surface area contributed by atoms with Crippen LogP contribution in [0.1, 0.15) is 22.3 Å². The summed E-state index contributed by atoms with van der Waals surface area (Å²) in [6.07, 6.45) is 0.648. The van der Waals surface area contributed by atoms with Crippen LogP contribution < -0.4 is 5.32 Å². The van der Waals surface area contributed by atoms with Crippen molar-refractivity contribution >= 4 is 11.9 Å². The van der Waals surface area contributed by atoms with E-state index in [1.807, 2.05) is 62.4 Å². The van der Waals surface area contributed by atoms with Crippen molar-refractivity contribution in [3.63, 3.8) is 0 Å². The molecule has 0 aliphatic rings. The second kappa shape index (κ2) is 8.29.